The van der Waals surface area contributed by atoms with Crippen LogP contribution >= 0.6 is 12.4 Å². The summed E-state index contributed by atoms with van der Waals surface area (Å²) in [6, 6.07) is 2.00. The van der Waals surface area contributed by atoms with Gasteiger partial charge in [0.15, 0.2) is 0 Å². The van der Waals surface area contributed by atoms with Crippen LogP contribution in [0.1, 0.15) is 34.6 Å². The molecule has 1 aliphatic heterocycles. The van der Waals surface area contributed by atoms with Crippen molar-refractivity contribution in [1.29, 1.82) is 0 Å². The number of hydrogen-bond acceptors (Lipinski definition) is 4. The number of aromatic nitrogens is 1. The number of alkyl halides is 3. The van der Waals surface area contributed by atoms with Gasteiger partial charge in [-0.25, -0.2) is 4.98 Å². The molecule has 1 aromatic heterocycles. The zero-order chi connectivity index (χ0) is 17.8. The van der Waals surface area contributed by atoms with Crippen LogP contribution in [0, 0.1) is 12.3 Å². The second kappa shape index (κ2) is 8.82. The molecule has 0 saturated carbocycles. The topological polar surface area (TPSA) is 63.2 Å². The van der Waals surface area contributed by atoms with E-state index in [1.807, 2.05) is 0 Å². The van der Waals surface area contributed by atoms with Crippen molar-refractivity contribution in [2.24, 2.45) is 5.41 Å². The first-order valence-corrected chi connectivity index (χ1v) is 7.80. The highest BCUT2D eigenvalue weighted by molar-refractivity contribution is 5.95. The summed E-state index contributed by atoms with van der Waals surface area (Å²) in [6.45, 7) is 4.04. The third kappa shape index (κ3) is 5.55. The molecular weight excluding hydrogens is 359 g/mol. The fourth-order valence-corrected chi connectivity index (χ4v) is 2.96. The largest absolute Gasteiger partial charge is 0.433 e. The molecule has 2 heterocycles. The number of rotatable bonds is 5. The number of halogens is 4. The van der Waals surface area contributed by atoms with Gasteiger partial charge >= 0.3 is 6.18 Å². The fourth-order valence-electron chi connectivity index (χ4n) is 2.96. The molecule has 1 aromatic rings. The summed E-state index contributed by atoms with van der Waals surface area (Å²) in [5.41, 5.74) is -0.924. The minimum Gasteiger partial charge on any atom is -0.384 e. The first kappa shape index (κ1) is 21.7. The molecule has 0 unspecified atom stereocenters. The number of carbonyl (C=O) groups is 1. The maximum atomic E-state index is 12.6. The van der Waals surface area contributed by atoms with Crippen LogP contribution in [0.2, 0.25) is 0 Å². The van der Waals surface area contributed by atoms with Gasteiger partial charge in [-0.1, -0.05) is 0 Å². The van der Waals surface area contributed by atoms with Crippen LogP contribution in [-0.4, -0.2) is 44.2 Å². The molecule has 142 valence electrons. The number of hydrogen-bond donors (Lipinski definition) is 2. The van der Waals surface area contributed by atoms with Gasteiger partial charge in [0.05, 0.1) is 17.9 Å². The van der Waals surface area contributed by atoms with E-state index >= 15 is 0 Å². The van der Waals surface area contributed by atoms with E-state index in [1.165, 1.54) is 13.0 Å². The maximum Gasteiger partial charge on any atom is 0.433 e. The normalized spacial score (nSPS) is 16.8. The number of piperidine rings is 1. The van der Waals surface area contributed by atoms with E-state index in [-0.39, 0.29) is 29.1 Å². The Morgan fingerprint density at radius 1 is 1.36 bits per heavy atom. The number of ether oxygens (including phenoxy) is 1. The number of amides is 1. The predicted molar refractivity (Wildman–Crippen MR) is 90.0 cm³/mol. The first-order chi connectivity index (χ1) is 11.3. The van der Waals surface area contributed by atoms with E-state index in [9.17, 15) is 18.0 Å². The van der Waals surface area contributed by atoms with Crippen LogP contribution in [0.4, 0.5) is 13.2 Å². The highest BCUT2D eigenvalue weighted by Gasteiger charge is 2.34. The zero-order valence-corrected chi connectivity index (χ0v) is 15.0. The number of aryl methyl sites for hydroxylation is 1. The monoisotopic (exact) mass is 381 g/mol. The molecule has 5 nitrogen and oxygen atoms in total. The molecule has 9 heteroatoms. The third-order valence-corrected chi connectivity index (χ3v) is 4.36. The van der Waals surface area contributed by atoms with Gasteiger partial charge in [-0.2, -0.15) is 13.2 Å². The lowest BCUT2D eigenvalue weighted by Gasteiger charge is -2.37. The summed E-state index contributed by atoms with van der Waals surface area (Å²) in [7, 11) is 1.62. The van der Waals surface area contributed by atoms with E-state index in [2.05, 4.69) is 15.6 Å². The van der Waals surface area contributed by atoms with Crippen LogP contribution < -0.4 is 10.6 Å². The second-order valence-corrected chi connectivity index (χ2v) is 6.19. The predicted octanol–water partition coefficient (Wildman–Crippen LogP) is 2.58. The van der Waals surface area contributed by atoms with Crippen LogP contribution in [0.15, 0.2) is 12.1 Å². The van der Waals surface area contributed by atoms with Crippen molar-refractivity contribution < 1.29 is 22.7 Å². The van der Waals surface area contributed by atoms with Crippen LogP contribution in [0.3, 0.4) is 0 Å². The number of carbonyl (C=O) groups excluding carboxylic acids is 1. The van der Waals surface area contributed by atoms with Gasteiger partial charge in [0.25, 0.3) is 5.91 Å². The summed E-state index contributed by atoms with van der Waals surface area (Å²) in [6.07, 6.45) is -2.78. The third-order valence-electron chi connectivity index (χ3n) is 4.36. The molecule has 0 bridgehead atoms. The number of methoxy groups -OCH3 is 1. The van der Waals surface area contributed by atoms with E-state index in [4.69, 9.17) is 4.74 Å². The standard InChI is InChI=1S/C16H22F3N3O2.ClH/c1-11-12(3-4-13(22-11)16(17,18)19)14(23)21-9-15(10-24-2)5-7-20-8-6-15;/h3-4,20H,5-10H2,1-2H3,(H,21,23);1H. The molecule has 0 atom stereocenters. The van der Waals surface area contributed by atoms with E-state index in [0.29, 0.717) is 13.2 Å². The average molecular weight is 382 g/mol. The molecule has 0 spiro atoms. The van der Waals surface area contributed by atoms with E-state index in [0.717, 1.165) is 32.0 Å². The number of nitrogens with zero attached hydrogens (tertiary/aromatic N) is 1. The summed E-state index contributed by atoms with van der Waals surface area (Å²) in [4.78, 5) is 15.8. The lowest BCUT2D eigenvalue weighted by Crippen LogP contribution is -2.47. The van der Waals surface area contributed by atoms with Gasteiger partial charge in [0.2, 0.25) is 0 Å². The zero-order valence-electron chi connectivity index (χ0n) is 14.2. The highest BCUT2D eigenvalue weighted by Crippen LogP contribution is 2.29. The second-order valence-electron chi connectivity index (χ2n) is 6.19. The average Bonchev–Trinajstić information content (AvgIpc) is 2.53. The lowest BCUT2D eigenvalue weighted by molar-refractivity contribution is -0.141. The Morgan fingerprint density at radius 2 is 2.00 bits per heavy atom. The Bertz CT molecular complexity index is 585. The molecule has 1 fully saturated rings. The SMILES string of the molecule is COCC1(CNC(=O)c2ccc(C(F)(F)F)nc2C)CCNCC1.Cl. The Labute approximate surface area is 151 Å². The van der Waals surface area contributed by atoms with E-state index < -0.39 is 17.8 Å². The maximum absolute atomic E-state index is 12.6. The molecule has 1 amide bonds. The van der Waals surface area contributed by atoms with Gasteiger partial charge in [0.1, 0.15) is 5.69 Å². The molecule has 1 saturated heterocycles. The first-order valence-electron chi connectivity index (χ1n) is 7.80. The smallest absolute Gasteiger partial charge is 0.384 e. The molecular formula is C16H23ClF3N3O2. The van der Waals surface area contributed by atoms with Crippen LogP contribution in [0.5, 0.6) is 0 Å². The van der Waals surface area contributed by atoms with Crippen molar-refractivity contribution in [2.45, 2.75) is 25.9 Å². The van der Waals surface area contributed by atoms with Crippen molar-refractivity contribution >= 4 is 18.3 Å². The van der Waals surface area contributed by atoms with Gasteiger partial charge in [-0.3, -0.25) is 4.79 Å². The molecule has 2 N–H and O–H groups in total. The summed E-state index contributed by atoms with van der Waals surface area (Å²) in [5, 5.41) is 6.09. The van der Waals surface area contributed by atoms with Crippen molar-refractivity contribution in [3.05, 3.63) is 29.1 Å². The molecule has 0 aromatic carbocycles. The molecule has 1 aliphatic rings. The number of nitrogens with one attached hydrogen (secondary N) is 2. The summed E-state index contributed by atoms with van der Waals surface area (Å²) in [5.74, 6) is -0.414. The minimum absolute atomic E-state index is 0. The highest BCUT2D eigenvalue weighted by atomic mass is 35.5. The van der Waals surface area contributed by atoms with Crippen molar-refractivity contribution in [3.8, 4) is 0 Å². The Morgan fingerprint density at radius 3 is 2.52 bits per heavy atom. The number of pyridine rings is 1. The molecule has 0 aliphatic carbocycles. The van der Waals surface area contributed by atoms with Gasteiger partial charge in [0, 0.05) is 19.1 Å². The van der Waals surface area contributed by atoms with Crippen molar-refractivity contribution in [1.82, 2.24) is 15.6 Å². The van der Waals surface area contributed by atoms with Crippen LogP contribution in [0.25, 0.3) is 0 Å². The van der Waals surface area contributed by atoms with Gasteiger partial charge < -0.3 is 15.4 Å². The van der Waals surface area contributed by atoms with Crippen molar-refractivity contribution in [3.63, 3.8) is 0 Å². The lowest BCUT2D eigenvalue weighted by atomic mass is 9.79. The Kier molecular flexibility index (Phi) is 7.64. The molecule has 0 radical (unpaired) electrons. The summed E-state index contributed by atoms with van der Waals surface area (Å²) >= 11 is 0. The quantitative estimate of drug-likeness (QED) is 0.823. The van der Waals surface area contributed by atoms with Crippen molar-refractivity contribution in [2.75, 3.05) is 33.4 Å². The van der Waals surface area contributed by atoms with Gasteiger partial charge in [-0.05, 0) is 45.0 Å². The summed E-state index contributed by atoms with van der Waals surface area (Å²) < 4.78 is 43.2. The van der Waals surface area contributed by atoms with Gasteiger partial charge in [-0.15, -0.1) is 12.4 Å². The van der Waals surface area contributed by atoms with E-state index in [1.54, 1.807) is 7.11 Å². The Balaban J connectivity index is 0.00000312. The fraction of sp³-hybridized carbons (Fsp3) is 0.625. The Hall–Kier alpha value is -1.38. The molecule has 2 rings (SSSR count). The van der Waals surface area contributed by atoms with Crippen LogP contribution in [-0.2, 0) is 10.9 Å². The minimum atomic E-state index is -4.52. The molecule has 25 heavy (non-hydrogen) atoms.